The lowest BCUT2D eigenvalue weighted by Crippen LogP contribution is -2.30. The molecule has 0 aliphatic rings. The number of hydrogen-bond acceptors (Lipinski definition) is 6. The van der Waals surface area contributed by atoms with Gasteiger partial charge in [-0.05, 0) is 77.0 Å². The van der Waals surface area contributed by atoms with Crippen LogP contribution in [-0.4, -0.2) is 37.2 Å². The topological polar surface area (TPSA) is 78.9 Å². The number of esters is 3. The van der Waals surface area contributed by atoms with Crippen LogP contribution in [-0.2, 0) is 28.6 Å². The van der Waals surface area contributed by atoms with Crippen molar-refractivity contribution in [3.8, 4) is 0 Å². The molecular weight excluding hydrogens is 877 g/mol. The second-order valence-electron chi connectivity index (χ2n) is 20.9. The lowest BCUT2D eigenvalue weighted by Gasteiger charge is -2.18. The van der Waals surface area contributed by atoms with Crippen LogP contribution in [0.1, 0.15) is 329 Å². The SMILES string of the molecule is CC/C=C\C/C=C\C/C=C\CCCCCCCC(=O)OCC(COC(=O)CCCCCCCCCCCCCCCCCCCCCCCC)OC(=O)CCCCCCC/C=C\CCCCCCCCC. The zero-order valence-electron chi connectivity index (χ0n) is 47.5. The van der Waals surface area contributed by atoms with Crippen LogP contribution in [0.5, 0.6) is 0 Å². The Labute approximate surface area is 441 Å². The molecule has 6 nitrogen and oxygen atoms in total. The maximum Gasteiger partial charge on any atom is 0.306 e. The summed E-state index contributed by atoms with van der Waals surface area (Å²) in [4.78, 5) is 38.2. The van der Waals surface area contributed by atoms with Gasteiger partial charge in [0.25, 0.3) is 0 Å². The molecule has 71 heavy (non-hydrogen) atoms. The Kier molecular flexibility index (Phi) is 57.7. The fourth-order valence-corrected chi connectivity index (χ4v) is 9.16. The summed E-state index contributed by atoms with van der Waals surface area (Å²) in [6.45, 7) is 6.55. The Hall–Kier alpha value is -2.63. The van der Waals surface area contributed by atoms with Gasteiger partial charge in [0.15, 0.2) is 6.10 Å². The molecule has 0 saturated carbocycles. The van der Waals surface area contributed by atoms with Crippen molar-refractivity contribution >= 4 is 17.9 Å². The smallest absolute Gasteiger partial charge is 0.306 e. The van der Waals surface area contributed by atoms with Crippen molar-refractivity contribution in [1.82, 2.24) is 0 Å². The van der Waals surface area contributed by atoms with Crippen LogP contribution in [0.3, 0.4) is 0 Å². The zero-order chi connectivity index (χ0) is 51.4. The molecule has 414 valence electrons. The Morgan fingerprint density at radius 3 is 0.873 bits per heavy atom. The summed E-state index contributed by atoms with van der Waals surface area (Å²) in [5, 5.41) is 0. The lowest BCUT2D eigenvalue weighted by molar-refractivity contribution is -0.167. The molecule has 0 fully saturated rings. The first-order chi connectivity index (χ1) is 35.0. The number of carbonyl (C=O) groups excluding carboxylic acids is 3. The Morgan fingerprint density at radius 1 is 0.296 bits per heavy atom. The Bertz CT molecular complexity index is 1230. The number of hydrogen-bond donors (Lipinski definition) is 0. The van der Waals surface area contributed by atoms with Crippen molar-refractivity contribution in [3.63, 3.8) is 0 Å². The van der Waals surface area contributed by atoms with E-state index in [0.717, 1.165) is 109 Å². The van der Waals surface area contributed by atoms with Crippen molar-refractivity contribution in [2.75, 3.05) is 13.2 Å². The minimum atomic E-state index is -0.783. The van der Waals surface area contributed by atoms with E-state index in [4.69, 9.17) is 14.2 Å². The lowest BCUT2D eigenvalue weighted by atomic mass is 10.0. The van der Waals surface area contributed by atoms with Crippen LogP contribution in [0.4, 0.5) is 0 Å². The van der Waals surface area contributed by atoms with Gasteiger partial charge in [0, 0.05) is 19.3 Å². The molecule has 0 saturated heterocycles. The van der Waals surface area contributed by atoms with E-state index in [1.165, 1.54) is 180 Å². The average molecular weight is 996 g/mol. The van der Waals surface area contributed by atoms with E-state index in [2.05, 4.69) is 69.4 Å². The molecule has 1 unspecified atom stereocenters. The van der Waals surface area contributed by atoms with Gasteiger partial charge in [-0.3, -0.25) is 14.4 Å². The van der Waals surface area contributed by atoms with Gasteiger partial charge >= 0.3 is 17.9 Å². The second kappa shape index (κ2) is 59.9. The predicted octanol–water partition coefficient (Wildman–Crippen LogP) is 21.0. The summed E-state index contributed by atoms with van der Waals surface area (Å²) in [7, 11) is 0. The molecule has 0 spiro atoms. The average Bonchev–Trinajstić information content (AvgIpc) is 3.37. The molecule has 0 radical (unpaired) electrons. The monoisotopic (exact) mass is 995 g/mol. The molecule has 0 amide bonds. The molecule has 0 aromatic carbocycles. The van der Waals surface area contributed by atoms with Crippen LogP contribution in [0, 0.1) is 0 Å². The quantitative estimate of drug-likeness (QED) is 0.0261. The number of carbonyl (C=O) groups is 3. The number of ether oxygens (including phenoxy) is 3. The van der Waals surface area contributed by atoms with Gasteiger partial charge in [0.2, 0.25) is 0 Å². The summed E-state index contributed by atoms with van der Waals surface area (Å²) in [6.07, 6.45) is 74.0. The van der Waals surface area contributed by atoms with Gasteiger partial charge in [0.05, 0.1) is 0 Å². The first kappa shape index (κ1) is 68.4. The number of allylic oxidation sites excluding steroid dienone is 8. The third kappa shape index (κ3) is 58.1. The minimum Gasteiger partial charge on any atom is -0.462 e. The number of unbranched alkanes of at least 4 members (excludes halogenated alkanes) is 38. The van der Waals surface area contributed by atoms with E-state index in [1.807, 2.05) is 0 Å². The van der Waals surface area contributed by atoms with Crippen LogP contribution >= 0.6 is 0 Å². The highest BCUT2D eigenvalue weighted by atomic mass is 16.6. The summed E-state index contributed by atoms with van der Waals surface area (Å²) in [5.41, 5.74) is 0. The molecular formula is C65H118O6. The van der Waals surface area contributed by atoms with E-state index in [1.54, 1.807) is 0 Å². The maximum atomic E-state index is 12.9. The molecule has 6 heteroatoms. The van der Waals surface area contributed by atoms with Gasteiger partial charge in [-0.2, -0.15) is 0 Å². The molecule has 0 bridgehead atoms. The maximum absolute atomic E-state index is 12.9. The highest BCUT2D eigenvalue weighted by Gasteiger charge is 2.19. The molecule has 1 atom stereocenters. The zero-order valence-corrected chi connectivity index (χ0v) is 47.5. The summed E-state index contributed by atoms with van der Waals surface area (Å²) in [5.74, 6) is -0.886. The van der Waals surface area contributed by atoms with Crippen LogP contribution in [0.15, 0.2) is 48.6 Å². The van der Waals surface area contributed by atoms with Crippen molar-refractivity contribution in [3.05, 3.63) is 48.6 Å². The molecule has 0 aliphatic carbocycles. The fourth-order valence-electron chi connectivity index (χ4n) is 9.16. The van der Waals surface area contributed by atoms with E-state index in [0.29, 0.717) is 19.3 Å². The van der Waals surface area contributed by atoms with Crippen molar-refractivity contribution in [1.29, 1.82) is 0 Å². The van der Waals surface area contributed by atoms with Crippen molar-refractivity contribution in [2.45, 2.75) is 335 Å². The summed E-state index contributed by atoms with van der Waals surface area (Å²) in [6, 6.07) is 0. The van der Waals surface area contributed by atoms with Crippen molar-refractivity contribution in [2.24, 2.45) is 0 Å². The van der Waals surface area contributed by atoms with E-state index in [9.17, 15) is 14.4 Å². The summed E-state index contributed by atoms with van der Waals surface area (Å²) < 4.78 is 16.9. The number of rotatable bonds is 57. The van der Waals surface area contributed by atoms with Crippen LogP contribution < -0.4 is 0 Å². The predicted molar refractivity (Wildman–Crippen MR) is 307 cm³/mol. The molecule has 0 aliphatic heterocycles. The first-order valence-electron chi connectivity index (χ1n) is 31.1. The first-order valence-corrected chi connectivity index (χ1v) is 31.1. The highest BCUT2D eigenvalue weighted by molar-refractivity contribution is 5.71. The third-order valence-electron chi connectivity index (χ3n) is 13.8. The van der Waals surface area contributed by atoms with E-state index >= 15 is 0 Å². The van der Waals surface area contributed by atoms with Gasteiger partial charge < -0.3 is 14.2 Å². The Morgan fingerprint density at radius 2 is 0.549 bits per heavy atom. The van der Waals surface area contributed by atoms with Gasteiger partial charge in [-0.25, -0.2) is 0 Å². The molecule has 0 aromatic rings. The van der Waals surface area contributed by atoms with Crippen LogP contribution in [0.2, 0.25) is 0 Å². The fraction of sp³-hybridized carbons (Fsp3) is 0.831. The third-order valence-corrected chi connectivity index (χ3v) is 13.8. The molecule has 0 aromatic heterocycles. The summed E-state index contributed by atoms with van der Waals surface area (Å²) >= 11 is 0. The second-order valence-corrected chi connectivity index (χ2v) is 20.9. The van der Waals surface area contributed by atoms with E-state index in [-0.39, 0.29) is 31.1 Å². The standard InChI is InChI=1S/C65H118O6/c1-4-7-10-13-16-19-22-25-28-30-31-32-33-34-35-38-40-43-46-49-52-55-58-64(67)70-61-62(60-69-63(66)57-54-51-48-45-42-39-36-27-24-21-18-15-12-9-6-3)71-65(68)59-56-53-50-47-44-41-37-29-26-23-20-17-14-11-8-5-2/h9,12,18,21,27,29,36-37,62H,4-8,10-11,13-17,19-20,22-26,28,30-35,38-61H2,1-3H3/b12-9-,21-18-,36-27-,37-29-. The normalized spacial score (nSPS) is 12.3. The van der Waals surface area contributed by atoms with Gasteiger partial charge in [-0.15, -0.1) is 0 Å². The van der Waals surface area contributed by atoms with Crippen LogP contribution in [0.25, 0.3) is 0 Å². The molecule has 0 heterocycles. The Balaban J connectivity index is 4.31. The van der Waals surface area contributed by atoms with Gasteiger partial charge in [-0.1, -0.05) is 281 Å². The van der Waals surface area contributed by atoms with Crippen molar-refractivity contribution < 1.29 is 28.6 Å². The molecule has 0 rings (SSSR count). The largest absolute Gasteiger partial charge is 0.462 e. The molecule has 0 N–H and O–H groups in total. The van der Waals surface area contributed by atoms with Gasteiger partial charge in [0.1, 0.15) is 13.2 Å². The van der Waals surface area contributed by atoms with E-state index < -0.39 is 6.10 Å². The minimum absolute atomic E-state index is 0.0787. The highest BCUT2D eigenvalue weighted by Crippen LogP contribution is 2.17.